The maximum Gasteiger partial charge on any atom is 0.453 e. The third kappa shape index (κ3) is 7.18. The van der Waals surface area contributed by atoms with E-state index in [1.807, 2.05) is 29.6 Å². The molecular weight excluding hydrogens is 451 g/mol. The van der Waals surface area contributed by atoms with Crippen molar-refractivity contribution in [1.82, 2.24) is 10.3 Å². The number of alkyl halides is 3. The second-order valence-corrected chi connectivity index (χ2v) is 7.93. The fourth-order valence-electron chi connectivity index (χ4n) is 2.62. The number of methoxy groups -OCH3 is 1. The van der Waals surface area contributed by atoms with Crippen LogP contribution in [-0.4, -0.2) is 52.6 Å². The van der Waals surface area contributed by atoms with E-state index in [0.29, 0.717) is 30.8 Å². The number of nitrogens with one attached hydrogen (secondary N) is 2. The topological polar surface area (TPSA) is 121 Å². The van der Waals surface area contributed by atoms with Gasteiger partial charge in [-0.2, -0.15) is 13.2 Å². The first-order valence-corrected chi connectivity index (χ1v) is 10.6. The first-order valence-electron chi connectivity index (χ1n) is 9.74. The Morgan fingerprint density at radius 3 is 2.38 bits per heavy atom. The molecule has 1 aromatic carbocycles. The molecule has 1 aromatic heterocycles. The summed E-state index contributed by atoms with van der Waals surface area (Å²) in [7, 11) is 1.59. The Kier molecular flexibility index (Phi) is 8.99. The predicted octanol–water partition coefficient (Wildman–Crippen LogP) is 3.07. The lowest BCUT2D eigenvalue weighted by Crippen LogP contribution is -2.57. The van der Waals surface area contributed by atoms with E-state index in [1.165, 1.54) is 11.3 Å². The molecule has 0 radical (unpaired) electrons. The van der Waals surface area contributed by atoms with E-state index >= 15 is 0 Å². The summed E-state index contributed by atoms with van der Waals surface area (Å²) in [5.41, 5.74) is 0.950. The molecule has 2 aromatic rings. The maximum atomic E-state index is 12.3. The molecule has 0 fully saturated rings. The Morgan fingerprint density at radius 1 is 1.09 bits per heavy atom. The minimum absolute atomic E-state index is 0.142. The fraction of sp³-hybridized carbons (Fsp3) is 0.450. The lowest BCUT2D eigenvalue weighted by Gasteiger charge is -2.22. The smallest absolute Gasteiger partial charge is 0.453 e. The van der Waals surface area contributed by atoms with Gasteiger partial charge in [-0.3, -0.25) is 9.59 Å². The number of ether oxygens (including phenoxy) is 1. The number of nitrogens with zero attached hydrogens (tertiary/aromatic N) is 1. The Morgan fingerprint density at radius 2 is 1.75 bits per heavy atom. The van der Waals surface area contributed by atoms with Gasteiger partial charge in [0.15, 0.2) is 5.13 Å². The summed E-state index contributed by atoms with van der Waals surface area (Å²) in [6, 6.07) is 7.45. The molecule has 0 saturated heterocycles. The van der Waals surface area contributed by atoms with Crippen LogP contribution in [-0.2, 0) is 9.59 Å². The van der Waals surface area contributed by atoms with Crippen molar-refractivity contribution >= 4 is 28.3 Å². The number of carbonyl (C=O) groups excluding carboxylic acids is 2. The van der Waals surface area contributed by atoms with Crippen molar-refractivity contribution in [1.29, 1.82) is 0 Å². The van der Waals surface area contributed by atoms with Crippen molar-refractivity contribution in [3.8, 4) is 16.2 Å². The highest BCUT2D eigenvalue weighted by Crippen LogP contribution is 2.30. The zero-order chi connectivity index (χ0) is 23.8. The number of anilines is 1. The summed E-state index contributed by atoms with van der Waals surface area (Å²) in [4.78, 5) is 28.3. The number of hydrogen-bond donors (Lipinski definition) is 4. The second-order valence-electron chi connectivity index (χ2n) is 6.90. The lowest BCUT2D eigenvalue weighted by molar-refractivity contribution is -0.328. The normalized spacial score (nSPS) is 11.8. The number of aliphatic hydroxyl groups is 2. The number of rotatable bonds is 11. The van der Waals surface area contributed by atoms with Crippen LogP contribution in [0.5, 0.6) is 5.75 Å². The Balaban J connectivity index is 1.63. The number of aromatic nitrogens is 1. The van der Waals surface area contributed by atoms with E-state index in [-0.39, 0.29) is 18.9 Å². The Labute approximate surface area is 186 Å². The molecule has 8 nitrogen and oxygen atoms in total. The molecule has 0 bridgehead atoms. The minimum Gasteiger partial charge on any atom is -0.497 e. The van der Waals surface area contributed by atoms with Gasteiger partial charge in [-0.1, -0.05) is 24.2 Å². The molecule has 176 valence electrons. The molecule has 0 saturated carbocycles. The van der Waals surface area contributed by atoms with Crippen LogP contribution in [0.25, 0.3) is 10.4 Å². The van der Waals surface area contributed by atoms with E-state index in [2.05, 4.69) is 10.3 Å². The standard InChI is InChI=1S/C20H24F3N3O5S/c1-31-14-9-7-13(8-10-14)15-12-25-18(32-15)26-16(27)6-4-2-3-5-11-24-17(28)19(29,30)20(21,22)23/h7-10,12,29-30H,2-6,11H2,1H3,(H,24,28)(H,25,26,27). The predicted molar refractivity (Wildman–Crippen MR) is 112 cm³/mol. The van der Waals surface area contributed by atoms with Gasteiger partial charge < -0.3 is 25.6 Å². The molecule has 0 aliphatic rings. The zero-order valence-corrected chi connectivity index (χ0v) is 18.1. The second kappa shape index (κ2) is 11.2. The Bertz CT molecular complexity index is 901. The van der Waals surface area contributed by atoms with E-state index in [0.717, 1.165) is 16.2 Å². The molecular formula is C20H24F3N3O5S. The third-order valence-corrected chi connectivity index (χ3v) is 5.42. The van der Waals surface area contributed by atoms with Crippen LogP contribution in [0.15, 0.2) is 30.5 Å². The molecule has 0 unspecified atom stereocenters. The maximum absolute atomic E-state index is 12.3. The molecule has 12 heteroatoms. The van der Waals surface area contributed by atoms with Crippen molar-refractivity contribution in [3.63, 3.8) is 0 Å². The van der Waals surface area contributed by atoms with Crippen molar-refractivity contribution < 1.29 is 37.7 Å². The highest BCUT2D eigenvalue weighted by atomic mass is 32.1. The minimum atomic E-state index is -5.47. The molecule has 0 aliphatic carbocycles. The van der Waals surface area contributed by atoms with Gasteiger partial charge in [0.1, 0.15) is 5.75 Å². The summed E-state index contributed by atoms with van der Waals surface area (Å²) in [6.45, 7) is -0.142. The summed E-state index contributed by atoms with van der Waals surface area (Å²) in [5.74, 6) is -5.79. The third-order valence-electron chi connectivity index (χ3n) is 4.45. The van der Waals surface area contributed by atoms with Crippen LogP contribution < -0.4 is 15.4 Å². The molecule has 0 atom stereocenters. The largest absolute Gasteiger partial charge is 0.497 e. The highest BCUT2D eigenvalue weighted by Gasteiger charge is 2.58. The van der Waals surface area contributed by atoms with Crippen LogP contribution in [0.4, 0.5) is 18.3 Å². The molecule has 2 rings (SSSR count). The fourth-order valence-corrected chi connectivity index (χ4v) is 3.46. The first-order chi connectivity index (χ1) is 15.0. The lowest BCUT2D eigenvalue weighted by atomic mass is 10.1. The van der Waals surface area contributed by atoms with E-state index in [1.54, 1.807) is 13.3 Å². The SMILES string of the molecule is COc1ccc(-c2cnc(NC(=O)CCCCCCNC(=O)C(O)(O)C(F)(F)F)s2)cc1. The van der Waals surface area contributed by atoms with E-state index in [9.17, 15) is 22.8 Å². The summed E-state index contributed by atoms with van der Waals surface area (Å²) >= 11 is 1.34. The molecule has 0 spiro atoms. The van der Waals surface area contributed by atoms with E-state index < -0.39 is 17.9 Å². The van der Waals surface area contributed by atoms with Gasteiger partial charge in [0.25, 0.3) is 5.91 Å². The summed E-state index contributed by atoms with van der Waals surface area (Å²) < 4.78 is 42.0. The van der Waals surface area contributed by atoms with Gasteiger partial charge in [0.2, 0.25) is 5.91 Å². The van der Waals surface area contributed by atoms with Crippen LogP contribution in [0, 0.1) is 0 Å². The van der Waals surface area contributed by atoms with Crippen LogP contribution in [0.3, 0.4) is 0 Å². The number of benzene rings is 1. The van der Waals surface area contributed by atoms with Crippen molar-refractivity contribution in [2.75, 3.05) is 19.0 Å². The van der Waals surface area contributed by atoms with Crippen molar-refractivity contribution in [3.05, 3.63) is 30.5 Å². The Hall–Kier alpha value is -2.70. The number of hydrogen-bond acceptors (Lipinski definition) is 7. The van der Waals surface area contributed by atoms with Crippen molar-refractivity contribution in [2.45, 2.75) is 44.1 Å². The van der Waals surface area contributed by atoms with E-state index in [4.69, 9.17) is 14.9 Å². The molecule has 2 amide bonds. The number of thiazole rings is 1. The number of halogens is 3. The van der Waals surface area contributed by atoms with Crippen LogP contribution in [0.1, 0.15) is 32.1 Å². The first kappa shape index (κ1) is 25.6. The molecule has 0 aliphatic heterocycles. The van der Waals surface area contributed by atoms with Gasteiger partial charge in [0.05, 0.1) is 12.0 Å². The highest BCUT2D eigenvalue weighted by molar-refractivity contribution is 7.19. The molecule has 32 heavy (non-hydrogen) atoms. The van der Waals surface area contributed by atoms with Gasteiger partial charge in [-0.05, 0) is 42.7 Å². The van der Waals surface area contributed by atoms with Crippen LogP contribution >= 0.6 is 11.3 Å². The van der Waals surface area contributed by atoms with Crippen LogP contribution in [0.2, 0.25) is 0 Å². The zero-order valence-electron chi connectivity index (χ0n) is 17.2. The summed E-state index contributed by atoms with van der Waals surface area (Å²) in [6.07, 6.45) is -1.53. The molecule has 4 N–H and O–H groups in total. The van der Waals surface area contributed by atoms with Gasteiger partial charge in [-0.15, -0.1) is 0 Å². The number of carbonyl (C=O) groups is 2. The van der Waals surface area contributed by atoms with Gasteiger partial charge in [-0.25, -0.2) is 4.98 Å². The summed E-state index contributed by atoms with van der Waals surface area (Å²) in [5, 5.41) is 22.6. The van der Waals surface area contributed by atoms with Gasteiger partial charge in [0, 0.05) is 19.2 Å². The molecule has 1 heterocycles. The number of amides is 2. The van der Waals surface area contributed by atoms with Crippen molar-refractivity contribution in [2.24, 2.45) is 0 Å². The number of unbranched alkanes of at least 4 members (excludes halogenated alkanes) is 3. The average Bonchev–Trinajstić information content (AvgIpc) is 3.20. The monoisotopic (exact) mass is 475 g/mol. The van der Waals surface area contributed by atoms with Gasteiger partial charge >= 0.3 is 12.0 Å². The average molecular weight is 475 g/mol. The quantitative estimate of drug-likeness (QED) is 0.293.